The Bertz CT molecular complexity index is 1440. The standard InChI is InChI=1S/C25H22F3N5O2S/c26-25(27,28)20-7-17(18-2-1-3-35-18)30-21-16(11-29-33(20)21)22(34)32-23-31-19(12-36-23)24-8-13-4-14(9-24)6-15(5-13)10-24/h1-3,7,11-15H,4-6,8-10H2,(H,31,32,34). The minimum absolute atomic E-state index is 0.0345. The van der Waals surface area contributed by atoms with Crippen LogP contribution in [0.25, 0.3) is 17.1 Å². The average Bonchev–Trinajstić information content (AvgIpc) is 3.57. The third kappa shape index (κ3) is 3.47. The van der Waals surface area contributed by atoms with Crippen LogP contribution in [0.1, 0.15) is 60.3 Å². The molecule has 4 aromatic rings. The molecule has 11 heteroatoms. The lowest BCUT2D eigenvalue weighted by Crippen LogP contribution is -2.48. The first-order valence-electron chi connectivity index (χ1n) is 12.0. The number of halogens is 3. The fraction of sp³-hybridized carbons (Fsp3) is 0.440. The van der Waals surface area contributed by atoms with E-state index in [1.165, 1.54) is 42.9 Å². The quantitative estimate of drug-likeness (QED) is 0.352. The fourth-order valence-electron chi connectivity index (χ4n) is 7.04. The van der Waals surface area contributed by atoms with Gasteiger partial charge in [-0.15, -0.1) is 11.3 Å². The lowest BCUT2D eigenvalue weighted by Gasteiger charge is -2.56. The number of anilines is 1. The summed E-state index contributed by atoms with van der Waals surface area (Å²) in [4.78, 5) is 22.2. The topological polar surface area (TPSA) is 85.3 Å². The highest BCUT2D eigenvalue weighted by molar-refractivity contribution is 7.14. The molecule has 0 aliphatic heterocycles. The van der Waals surface area contributed by atoms with E-state index in [4.69, 9.17) is 9.40 Å². The van der Waals surface area contributed by atoms with Crippen molar-refractivity contribution in [3.63, 3.8) is 0 Å². The smallest absolute Gasteiger partial charge is 0.433 e. The summed E-state index contributed by atoms with van der Waals surface area (Å²) in [5.74, 6) is 1.87. The largest absolute Gasteiger partial charge is 0.463 e. The number of aromatic nitrogens is 4. The van der Waals surface area contributed by atoms with Gasteiger partial charge in [0.15, 0.2) is 22.2 Å². The van der Waals surface area contributed by atoms with Crippen LogP contribution >= 0.6 is 11.3 Å². The Balaban J connectivity index is 1.21. The van der Waals surface area contributed by atoms with E-state index in [1.807, 2.05) is 5.38 Å². The molecular weight excluding hydrogens is 491 g/mol. The highest BCUT2D eigenvalue weighted by Crippen LogP contribution is 2.60. The van der Waals surface area contributed by atoms with Crippen LogP contribution < -0.4 is 5.32 Å². The number of nitrogens with zero attached hydrogens (tertiary/aromatic N) is 4. The van der Waals surface area contributed by atoms with Crippen molar-refractivity contribution in [3.8, 4) is 11.5 Å². The number of carbonyl (C=O) groups excluding carboxylic acids is 1. The van der Waals surface area contributed by atoms with E-state index in [-0.39, 0.29) is 28.1 Å². The van der Waals surface area contributed by atoms with Gasteiger partial charge in [0.1, 0.15) is 11.3 Å². The molecule has 4 aromatic heterocycles. The van der Waals surface area contributed by atoms with Crippen LogP contribution in [0.3, 0.4) is 0 Å². The zero-order chi connectivity index (χ0) is 24.7. The lowest BCUT2D eigenvalue weighted by atomic mass is 9.49. The molecule has 0 unspecified atom stereocenters. The van der Waals surface area contributed by atoms with E-state index in [9.17, 15) is 18.0 Å². The van der Waals surface area contributed by atoms with E-state index >= 15 is 0 Å². The predicted octanol–water partition coefficient (Wildman–Crippen LogP) is 6.18. The summed E-state index contributed by atoms with van der Waals surface area (Å²) >= 11 is 1.35. The Kier molecular flexibility index (Phi) is 4.68. The van der Waals surface area contributed by atoms with Gasteiger partial charge in [0.2, 0.25) is 0 Å². The summed E-state index contributed by atoms with van der Waals surface area (Å²) in [5.41, 5.74) is -0.213. The Morgan fingerprint density at radius 2 is 1.86 bits per heavy atom. The van der Waals surface area contributed by atoms with Gasteiger partial charge < -0.3 is 4.42 Å². The van der Waals surface area contributed by atoms with E-state index in [2.05, 4.69) is 15.4 Å². The number of hydrogen-bond donors (Lipinski definition) is 1. The Hall–Kier alpha value is -3.21. The third-order valence-corrected chi connectivity index (χ3v) is 8.84. The fourth-order valence-corrected chi connectivity index (χ4v) is 7.87. The van der Waals surface area contributed by atoms with Crippen molar-refractivity contribution in [2.24, 2.45) is 17.8 Å². The molecule has 4 aliphatic rings. The van der Waals surface area contributed by atoms with Crippen molar-refractivity contribution >= 4 is 28.0 Å². The second kappa shape index (κ2) is 7.64. The van der Waals surface area contributed by atoms with Crippen molar-refractivity contribution in [2.75, 3.05) is 5.32 Å². The molecule has 4 fully saturated rings. The normalized spacial score (nSPS) is 27.1. The van der Waals surface area contributed by atoms with Gasteiger partial charge in [-0.05, 0) is 74.5 Å². The van der Waals surface area contributed by atoms with Gasteiger partial charge in [-0.2, -0.15) is 18.3 Å². The molecule has 8 rings (SSSR count). The molecule has 7 nitrogen and oxygen atoms in total. The van der Waals surface area contributed by atoms with Gasteiger partial charge >= 0.3 is 6.18 Å². The molecule has 0 radical (unpaired) electrons. The minimum atomic E-state index is -4.70. The summed E-state index contributed by atoms with van der Waals surface area (Å²) in [6.45, 7) is 0. The van der Waals surface area contributed by atoms with Crippen LogP contribution in [-0.2, 0) is 11.6 Å². The molecule has 4 saturated carbocycles. The van der Waals surface area contributed by atoms with Crippen LogP contribution in [0.15, 0.2) is 40.5 Å². The van der Waals surface area contributed by atoms with Crippen LogP contribution in [0.2, 0.25) is 0 Å². The van der Waals surface area contributed by atoms with Crippen molar-refractivity contribution in [3.05, 3.63) is 53.0 Å². The maximum Gasteiger partial charge on any atom is 0.433 e. The number of rotatable bonds is 4. The summed E-state index contributed by atoms with van der Waals surface area (Å²) < 4.78 is 47.2. The zero-order valence-electron chi connectivity index (χ0n) is 19.1. The molecule has 0 spiro atoms. The van der Waals surface area contributed by atoms with Crippen molar-refractivity contribution in [2.45, 2.75) is 50.1 Å². The Morgan fingerprint density at radius 1 is 1.14 bits per heavy atom. The second-order valence-corrected chi connectivity index (χ2v) is 11.3. The maximum atomic E-state index is 13.8. The van der Waals surface area contributed by atoms with Crippen molar-refractivity contribution in [1.82, 2.24) is 19.6 Å². The van der Waals surface area contributed by atoms with Crippen molar-refractivity contribution in [1.29, 1.82) is 0 Å². The maximum absolute atomic E-state index is 13.8. The highest BCUT2D eigenvalue weighted by Gasteiger charge is 2.52. The molecule has 1 N–H and O–H groups in total. The van der Waals surface area contributed by atoms with Crippen LogP contribution in [0.4, 0.5) is 18.3 Å². The number of alkyl halides is 3. The SMILES string of the molecule is O=C(Nc1nc(C23CC4CC(CC(C4)C2)C3)cs1)c1cnn2c(C(F)(F)F)cc(-c3ccco3)nc12. The number of furan rings is 1. The van der Waals surface area contributed by atoms with E-state index < -0.39 is 17.8 Å². The molecule has 0 saturated heterocycles. The first kappa shape index (κ1) is 22.0. The van der Waals surface area contributed by atoms with E-state index in [0.717, 1.165) is 55.0 Å². The number of amides is 1. The lowest BCUT2D eigenvalue weighted by molar-refractivity contribution is -0.142. The van der Waals surface area contributed by atoms with Gasteiger partial charge in [0.05, 0.1) is 18.2 Å². The van der Waals surface area contributed by atoms with Crippen LogP contribution in [0.5, 0.6) is 0 Å². The summed E-state index contributed by atoms with van der Waals surface area (Å²) in [5, 5.41) is 9.07. The predicted molar refractivity (Wildman–Crippen MR) is 126 cm³/mol. The molecule has 36 heavy (non-hydrogen) atoms. The summed E-state index contributed by atoms with van der Waals surface area (Å²) in [7, 11) is 0. The number of hydrogen-bond acceptors (Lipinski definition) is 6. The molecule has 0 atom stereocenters. The molecule has 1 amide bonds. The van der Waals surface area contributed by atoms with Gasteiger partial charge in [-0.25, -0.2) is 14.5 Å². The average molecular weight is 514 g/mol. The molecule has 0 aromatic carbocycles. The van der Waals surface area contributed by atoms with Crippen LogP contribution in [0, 0.1) is 17.8 Å². The zero-order valence-corrected chi connectivity index (χ0v) is 19.9. The summed E-state index contributed by atoms with van der Waals surface area (Å²) in [6.07, 6.45) is 5.20. The number of fused-ring (bicyclic) bond motifs is 1. The highest BCUT2D eigenvalue weighted by atomic mass is 32.1. The van der Waals surface area contributed by atoms with E-state index in [0.29, 0.717) is 9.65 Å². The van der Waals surface area contributed by atoms with Gasteiger partial charge in [-0.1, -0.05) is 0 Å². The molecule has 4 heterocycles. The van der Waals surface area contributed by atoms with E-state index in [1.54, 1.807) is 6.07 Å². The molecular formula is C25H22F3N5O2S. The minimum Gasteiger partial charge on any atom is -0.463 e. The Morgan fingerprint density at radius 3 is 2.50 bits per heavy atom. The molecule has 4 bridgehead atoms. The first-order valence-corrected chi connectivity index (χ1v) is 12.9. The molecule has 4 aliphatic carbocycles. The van der Waals surface area contributed by atoms with Crippen LogP contribution in [-0.4, -0.2) is 25.5 Å². The van der Waals surface area contributed by atoms with Gasteiger partial charge in [0, 0.05) is 10.8 Å². The number of nitrogens with one attached hydrogen (secondary N) is 1. The number of thiazole rings is 1. The van der Waals surface area contributed by atoms with Crippen molar-refractivity contribution < 1.29 is 22.4 Å². The van der Waals surface area contributed by atoms with Gasteiger partial charge in [0.25, 0.3) is 5.91 Å². The molecule has 186 valence electrons. The number of carbonyl (C=O) groups is 1. The monoisotopic (exact) mass is 513 g/mol. The Labute approximate surface area is 207 Å². The summed E-state index contributed by atoms with van der Waals surface area (Å²) in [6, 6.07) is 3.93. The first-order chi connectivity index (χ1) is 17.3. The van der Waals surface area contributed by atoms with Gasteiger partial charge in [-0.3, -0.25) is 10.1 Å². The third-order valence-electron chi connectivity index (χ3n) is 8.09. The second-order valence-electron chi connectivity index (χ2n) is 10.5.